The molecule has 5 N–H and O–H groups in total. The fraction of sp³-hybridized carbons (Fsp3) is 1.00. The molecule has 4 saturated carbocycles. The topological polar surface area (TPSA) is 101 Å². The van der Waals surface area contributed by atoms with Crippen molar-refractivity contribution in [3.63, 3.8) is 0 Å². The molecule has 0 saturated heterocycles. The Morgan fingerprint density at radius 3 is 2.41 bits per heavy atom. The Bertz CT molecular complexity index is 666. The number of hydrogen-bond donors (Lipinski definition) is 5. The number of aliphatic hydroxyl groups is 5. The van der Waals surface area contributed by atoms with E-state index in [0.717, 1.165) is 57.8 Å². The van der Waals surface area contributed by atoms with Gasteiger partial charge in [-0.3, -0.25) is 0 Å². The lowest BCUT2D eigenvalue weighted by molar-refractivity contribution is -0.207. The normalized spacial score (nSPS) is 51.3. The van der Waals surface area contributed by atoms with Crippen LogP contribution in [0, 0.1) is 46.3 Å². The van der Waals surface area contributed by atoms with Crippen LogP contribution in [-0.2, 0) is 0 Å². The Hall–Kier alpha value is -0.200. The van der Waals surface area contributed by atoms with Gasteiger partial charge in [-0.15, -0.1) is 0 Å². The van der Waals surface area contributed by atoms with Crippen LogP contribution >= 0.6 is 0 Å². The van der Waals surface area contributed by atoms with Crippen molar-refractivity contribution in [3.8, 4) is 0 Å². The second kappa shape index (κ2) is 8.78. The molecule has 5 nitrogen and oxygen atoms in total. The second-order valence-corrected chi connectivity index (χ2v) is 13.1. The van der Waals surface area contributed by atoms with Crippen LogP contribution in [0.15, 0.2) is 0 Å². The Morgan fingerprint density at radius 1 is 1.00 bits per heavy atom. The largest absolute Gasteiger partial charge is 0.393 e. The quantitative estimate of drug-likeness (QED) is 0.425. The molecule has 4 rings (SSSR count). The number of rotatable bonds is 6. The minimum Gasteiger partial charge on any atom is -0.393 e. The van der Waals surface area contributed by atoms with Gasteiger partial charge in [-0.2, -0.15) is 0 Å². The molecule has 0 radical (unpaired) electrons. The Kier molecular flexibility index (Phi) is 6.84. The van der Waals surface area contributed by atoms with E-state index in [0.29, 0.717) is 36.0 Å². The van der Waals surface area contributed by atoms with Gasteiger partial charge in [0.25, 0.3) is 0 Å². The van der Waals surface area contributed by atoms with Crippen LogP contribution in [0.4, 0.5) is 0 Å². The van der Waals surface area contributed by atoms with Crippen molar-refractivity contribution in [2.24, 2.45) is 46.3 Å². The van der Waals surface area contributed by atoms with Crippen LogP contribution in [0.1, 0.15) is 91.9 Å². The molecule has 4 fully saturated rings. The molecule has 0 spiro atoms. The molecule has 0 aromatic carbocycles. The van der Waals surface area contributed by atoms with Crippen LogP contribution in [-0.4, -0.2) is 56.1 Å². The SMILES string of the molecule is CC(CCCC(C)(O)CO)C1CCC2C3C(O)C[C@@H]4C[C@H](O)CCC4(C)C3C[C@H](O)C12C. The molecule has 32 heavy (non-hydrogen) atoms. The smallest absolute Gasteiger partial charge is 0.0849 e. The summed E-state index contributed by atoms with van der Waals surface area (Å²) in [5.74, 6) is 2.17. The summed E-state index contributed by atoms with van der Waals surface area (Å²) in [5.41, 5.74) is -1.06. The summed E-state index contributed by atoms with van der Waals surface area (Å²) in [7, 11) is 0. The zero-order chi connectivity index (χ0) is 23.5. The standard InChI is InChI=1S/C27H48O5/c1-16(6-5-10-25(2,32)15-28)19-7-8-20-24-21(14-23(31)27(19,20)4)26(3)11-9-18(29)12-17(26)13-22(24)30/h16-24,28-32H,5-15H2,1-4H3/t16?,17-,18+,19?,20?,21?,22?,23-,24?,25?,26?,27?/m0/s1. The van der Waals surface area contributed by atoms with E-state index in [1.165, 1.54) is 0 Å². The highest BCUT2D eigenvalue weighted by Gasteiger charge is 2.65. The lowest BCUT2D eigenvalue weighted by Gasteiger charge is -2.63. The fourth-order valence-corrected chi connectivity index (χ4v) is 9.22. The first-order valence-corrected chi connectivity index (χ1v) is 13.3. The van der Waals surface area contributed by atoms with Crippen molar-refractivity contribution >= 4 is 0 Å². The van der Waals surface area contributed by atoms with Crippen molar-refractivity contribution in [2.75, 3.05) is 6.61 Å². The molecule has 12 atom stereocenters. The average Bonchev–Trinajstić information content (AvgIpc) is 3.08. The van der Waals surface area contributed by atoms with Gasteiger partial charge in [0.1, 0.15) is 0 Å². The van der Waals surface area contributed by atoms with Crippen LogP contribution in [0.25, 0.3) is 0 Å². The molecule has 4 aliphatic rings. The highest BCUT2D eigenvalue weighted by Crippen LogP contribution is 2.68. The molecule has 0 heterocycles. The van der Waals surface area contributed by atoms with Crippen LogP contribution < -0.4 is 0 Å². The van der Waals surface area contributed by atoms with E-state index in [1.807, 2.05) is 0 Å². The minimum atomic E-state index is -1.01. The summed E-state index contributed by atoms with van der Waals surface area (Å²) in [6.07, 6.45) is 7.96. The summed E-state index contributed by atoms with van der Waals surface area (Å²) in [6, 6.07) is 0. The lowest BCUT2D eigenvalue weighted by atomic mass is 9.43. The number of hydrogen-bond acceptors (Lipinski definition) is 5. The third-order valence-electron chi connectivity index (χ3n) is 11.2. The fourth-order valence-electron chi connectivity index (χ4n) is 9.22. The van der Waals surface area contributed by atoms with E-state index < -0.39 is 5.60 Å². The van der Waals surface area contributed by atoms with Gasteiger partial charge in [0.15, 0.2) is 0 Å². The lowest BCUT2D eigenvalue weighted by Crippen LogP contribution is -2.62. The summed E-state index contributed by atoms with van der Waals surface area (Å²) < 4.78 is 0. The summed E-state index contributed by atoms with van der Waals surface area (Å²) >= 11 is 0. The highest BCUT2D eigenvalue weighted by atomic mass is 16.3. The van der Waals surface area contributed by atoms with Crippen molar-refractivity contribution in [1.82, 2.24) is 0 Å². The van der Waals surface area contributed by atoms with Gasteiger partial charge < -0.3 is 25.5 Å². The first kappa shape index (κ1) is 24.9. The zero-order valence-corrected chi connectivity index (χ0v) is 20.7. The second-order valence-electron chi connectivity index (χ2n) is 13.1. The Morgan fingerprint density at radius 2 is 1.72 bits per heavy atom. The summed E-state index contributed by atoms with van der Waals surface area (Å²) in [4.78, 5) is 0. The predicted molar refractivity (Wildman–Crippen MR) is 125 cm³/mol. The first-order valence-electron chi connectivity index (χ1n) is 13.3. The maximum absolute atomic E-state index is 11.6. The third kappa shape index (κ3) is 3.98. The monoisotopic (exact) mass is 452 g/mol. The maximum Gasteiger partial charge on any atom is 0.0849 e. The van der Waals surface area contributed by atoms with Gasteiger partial charge in [0.2, 0.25) is 0 Å². The molecule has 0 aromatic rings. The molecular weight excluding hydrogens is 404 g/mol. The van der Waals surface area contributed by atoms with E-state index in [1.54, 1.807) is 6.92 Å². The summed E-state index contributed by atoms with van der Waals surface area (Å²) in [6.45, 7) is 8.45. The zero-order valence-electron chi connectivity index (χ0n) is 20.7. The van der Waals surface area contributed by atoms with E-state index in [-0.39, 0.29) is 41.7 Å². The molecule has 0 bridgehead atoms. The Balaban J connectivity index is 1.51. The molecule has 4 aliphatic carbocycles. The van der Waals surface area contributed by atoms with Gasteiger partial charge in [0, 0.05) is 0 Å². The molecule has 0 aliphatic heterocycles. The van der Waals surface area contributed by atoms with Gasteiger partial charge in [-0.25, -0.2) is 0 Å². The first-order chi connectivity index (χ1) is 14.9. The molecule has 0 aromatic heterocycles. The van der Waals surface area contributed by atoms with Crippen molar-refractivity contribution in [3.05, 3.63) is 0 Å². The predicted octanol–water partition coefficient (Wildman–Crippen LogP) is 3.50. The maximum atomic E-state index is 11.6. The van der Waals surface area contributed by atoms with Crippen molar-refractivity contribution in [2.45, 2.75) is 116 Å². The highest BCUT2D eigenvalue weighted by molar-refractivity contribution is 5.14. The molecule has 5 heteroatoms. The van der Waals surface area contributed by atoms with Crippen molar-refractivity contribution < 1.29 is 25.5 Å². The molecular formula is C27H48O5. The van der Waals surface area contributed by atoms with Gasteiger partial charge in [-0.1, -0.05) is 33.6 Å². The van der Waals surface area contributed by atoms with Crippen molar-refractivity contribution in [1.29, 1.82) is 0 Å². The van der Waals surface area contributed by atoms with E-state index in [9.17, 15) is 25.5 Å². The minimum absolute atomic E-state index is 0.116. The van der Waals surface area contributed by atoms with Crippen LogP contribution in [0.5, 0.6) is 0 Å². The van der Waals surface area contributed by atoms with E-state index >= 15 is 0 Å². The number of aliphatic hydroxyl groups excluding tert-OH is 4. The number of fused-ring (bicyclic) bond motifs is 5. The molecule has 9 unspecified atom stereocenters. The average molecular weight is 453 g/mol. The van der Waals surface area contributed by atoms with Gasteiger partial charge in [0.05, 0.1) is 30.5 Å². The third-order valence-corrected chi connectivity index (χ3v) is 11.2. The van der Waals surface area contributed by atoms with Crippen LogP contribution in [0.2, 0.25) is 0 Å². The van der Waals surface area contributed by atoms with E-state index in [2.05, 4.69) is 20.8 Å². The summed E-state index contributed by atoms with van der Waals surface area (Å²) in [5, 5.41) is 52.7. The molecule has 0 amide bonds. The molecule has 186 valence electrons. The Labute approximate surface area is 194 Å². The van der Waals surface area contributed by atoms with Gasteiger partial charge in [-0.05, 0) is 105 Å². The van der Waals surface area contributed by atoms with Crippen LogP contribution in [0.3, 0.4) is 0 Å². The van der Waals surface area contributed by atoms with Gasteiger partial charge >= 0.3 is 0 Å². The van der Waals surface area contributed by atoms with E-state index in [4.69, 9.17) is 0 Å².